The van der Waals surface area contributed by atoms with E-state index >= 15 is 0 Å². The predicted octanol–water partition coefficient (Wildman–Crippen LogP) is 2.33. The van der Waals surface area contributed by atoms with Crippen LogP contribution in [0, 0.1) is 0 Å². The van der Waals surface area contributed by atoms with Gasteiger partial charge in [0, 0.05) is 0 Å². The van der Waals surface area contributed by atoms with Gasteiger partial charge in [-0.2, -0.15) is 0 Å². The van der Waals surface area contributed by atoms with Crippen molar-refractivity contribution in [2.24, 2.45) is 5.73 Å². The summed E-state index contributed by atoms with van der Waals surface area (Å²) in [4.78, 5) is 11.3. The van der Waals surface area contributed by atoms with E-state index in [-0.39, 0.29) is 18.0 Å². The normalized spacial score (nSPS) is 12.3. The highest BCUT2D eigenvalue weighted by atomic mass is 35.5. The first-order valence-corrected chi connectivity index (χ1v) is 5.93. The zero-order valence-electron chi connectivity index (χ0n) is 11.8. The minimum atomic E-state index is -0.639. The largest absolute Gasteiger partial charge is 0.488 e. The summed E-state index contributed by atoms with van der Waals surface area (Å²) >= 11 is 0. The Bertz CT molecular complexity index is 415. The number of carbonyl (C=O) groups excluding carboxylic acids is 1. The smallest absolute Gasteiger partial charge is 0.322 e. The molecule has 0 aromatic heterocycles. The molecule has 0 saturated carbocycles. The molecular formula is C14H22ClNO3. The fourth-order valence-corrected chi connectivity index (χ4v) is 1.58. The van der Waals surface area contributed by atoms with E-state index in [2.05, 4.69) is 4.74 Å². The number of rotatable bonds is 4. The van der Waals surface area contributed by atoms with Gasteiger partial charge in [-0.1, -0.05) is 12.1 Å². The summed E-state index contributed by atoms with van der Waals surface area (Å²) in [6, 6.07) is 6.95. The molecule has 19 heavy (non-hydrogen) atoms. The lowest BCUT2D eigenvalue weighted by atomic mass is 10.1. The fourth-order valence-electron chi connectivity index (χ4n) is 1.58. The van der Waals surface area contributed by atoms with Gasteiger partial charge in [-0.3, -0.25) is 4.79 Å². The van der Waals surface area contributed by atoms with Crippen LogP contribution in [0.5, 0.6) is 5.75 Å². The molecule has 1 aromatic carbocycles. The summed E-state index contributed by atoms with van der Waals surface area (Å²) in [5, 5.41) is 0. The molecule has 1 aromatic rings. The second-order valence-electron chi connectivity index (χ2n) is 5.20. The van der Waals surface area contributed by atoms with E-state index in [1.807, 2.05) is 45.0 Å². The average molecular weight is 288 g/mol. The standard InChI is InChI=1S/C14H21NO3.ClH/c1-14(2,3)18-11-7-5-6-10(8-11)9-12(15)13(16)17-4;/h5-8,12H,9,15H2,1-4H3;1H/t12-;/m0./s1. The molecule has 0 amide bonds. The molecule has 0 bridgehead atoms. The number of carbonyl (C=O) groups is 1. The monoisotopic (exact) mass is 287 g/mol. The average Bonchev–Trinajstić information content (AvgIpc) is 2.26. The molecule has 0 spiro atoms. The van der Waals surface area contributed by atoms with Crippen LogP contribution in [0.25, 0.3) is 0 Å². The van der Waals surface area contributed by atoms with Gasteiger partial charge in [0.2, 0.25) is 0 Å². The number of methoxy groups -OCH3 is 1. The van der Waals surface area contributed by atoms with Crippen molar-refractivity contribution in [3.8, 4) is 5.75 Å². The van der Waals surface area contributed by atoms with Crippen LogP contribution in [0.3, 0.4) is 0 Å². The molecule has 0 aliphatic carbocycles. The molecule has 5 heteroatoms. The highest BCUT2D eigenvalue weighted by molar-refractivity contribution is 5.85. The van der Waals surface area contributed by atoms with Crippen molar-refractivity contribution in [2.45, 2.75) is 38.8 Å². The molecule has 0 saturated heterocycles. The van der Waals surface area contributed by atoms with E-state index in [4.69, 9.17) is 10.5 Å². The molecule has 1 atom stereocenters. The van der Waals surface area contributed by atoms with Gasteiger partial charge in [-0.05, 0) is 44.9 Å². The Morgan fingerprint density at radius 2 is 2.00 bits per heavy atom. The molecule has 1 rings (SSSR count). The molecule has 0 aliphatic heterocycles. The minimum absolute atomic E-state index is 0. The van der Waals surface area contributed by atoms with Crippen molar-refractivity contribution < 1.29 is 14.3 Å². The number of ether oxygens (including phenoxy) is 2. The number of esters is 1. The van der Waals surface area contributed by atoms with Gasteiger partial charge in [0.05, 0.1) is 7.11 Å². The third-order valence-corrected chi connectivity index (χ3v) is 2.28. The van der Waals surface area contributed by atoms with Crippen molar-refractivity contribution >= 4 is 18.4 Å². The SMILES string of the molecule is COC(=O)[C@@H](N)Cc1cccc(OC(C)(C)C)c1.Cl. The maximum atomic E-state index is 11.3. The Balaban J connectivity index is 0.00000324. The number of hydrogen-bond acceptors (Lipinski definition) is 4. The highest BCUT2D eigenvalue weighted by Gasteiger charge is 2.16. The van der Waals surface area contributed by atoms with Crippen LogP contribution in [-0.4, -0.2) is 24.7 Å². The van der Waals surface area contributed by atoms with Crippen LogP contribution < -0.4 is 10.5 Å². The zero-order chi connectivity index (χ0) is 13.8. The van der Waals surface area contributed by atoms with Crippen molar-refractivity contribution in [3.05, 3.63) is 29.8 Å². The molecule has 0 heterocycles. The van der Waals surface area contributed by atoms with Gasteiger partial charge in [0.25, 0.3) is 0 Å². The molecule has 0 unspecified atom stereocenters. The summed E-state index contributed by atoms with van der Waals surface area (Å²) in [5.74, 6) is 0.370. The van der Waals surface area contributed by atoms with Crippen LogP contribution in [-0.2, 0) is 16.0 Å². The van der Waals surface area contributed by atoms with E-state index in [9.17, 15) is 4.79 Å². The van der Waals surface area contributed by atoms with Crippen LogP contribution in [0.4, 0.5) is 0 Å². The van der Waals surface area contributed by atoms with E-state index in [0.29, 0.717) is 6.42 Å². The quantitative estimate of drug-likeness (QED) is 0.864. The van der Waals surface area contributed by atoms with E-state index in [0.717, 1.165) is 11.3 Å². The maximum Gasteiger partial charge on any atom is 0.322 e. The van der Waals surface area contributed by atoms with Crippen LogP contribution in [0.1, 0.15) is 26.3 Å². The van der Waals surface area contributed by atoms with E-state index in [1.165, 1.54) is 7.11 Å². The van der Waals surface area contributed by atoms with Crippen LogP contribution in [0.2, 0.25) is 0 Å². The van der Waals surface area contributed by atoms with Crippen LogP contribution in [0.15, 0.2) is 24.3 Å². The first-order chi connectivity index (χ1) is 8.31. The highest BCUT2D eigenvalue weighted by Crippen LogP contribution is 2.19. The molecule has 4 nitrogen and oxygen atoms in total. The Labute approximate surface area is 120 Å². The summed E-state index contributed by atoms with van der Waals surface area (Å²) in [7, 11) is 1.33. The first kappa shape index (κ1) is 17.7. The number of hydrogen-bond donors (Lipinski definition) is 1. The van der Waals surface area contributed by atoms with Gasteiger partial charge >= 0.3 is 5.97 Å². The van der Waals surface area contributed by atoms with Crippen molar-refractivity contribution in [1.29, 1.82) is 0 Å². The second kappa shape index (κ2) is 7.36. The Morgan fingerprint density at radius 3 is 2.53 bits per heavy atom. The van der Waals surface area contributed by atoms with Crippen molar-refractivity contribution in [3.63, 3.8) is 0 Å². The number of benzene rings is 1. The second-order valence-corrected chi connectivity index (χ2v) is 5.20. The van der Waals surface area contributed by atoms with Crippen molar-refractivity contribution in [1.82, 2.24) is 0 Å². The molecule has 0 fully saturated rings. The maximum absolute atomic E-state index is 11.3. The van der Waals surface area contributed by atoms with Gasteiger partial charge < -0.3 is 15.2 Å². The summed E-state index contributed by atoms with van der Waals surface area (Å²) in [6.45, 7) is 5.96. The number of halogens is 1. The fraction of sp³-hybridized carbons (Fsp3) is 0.500. The van der Waals surface area contributed by atoms with Gasteiger partial charge in [-0.25, -0.2) is 0 Å². The zero-order valence-corrected chi connectivity index (χ0v) is 12.6. The molecule has 0 aliphatic rings. The minimum Gasteiger partial charge on any atom is -0.488 e. The molecule has 108 valence electrons. The Hall–Kier alpha value is -1.26. The third-order valence-electron chi connectivity index (χ3n) is 2.28. The summed E-state index contributed by atoms with van der Waals surface area (Å²) in [6.07, 6.45) is 0.439. The first-order valence-electron chi connectivity index (χ1n) is 5.93. The van der Waals surface area contributed by atoms with Crippen LogP contribution >= 0.6 is 12.4 Å². The molecular weight excluding hydrogens is 266 g/mol. The van der Waals surface area contributed by atoms with Gasteiger partial charge in [0.15, 0.2) is 0 Å². The van der Waals surface area contributed by atoms with Gasteiger partial charge in [0.1, 0.15) is 17.4 Å². The van der Waals surface area contributed by atoms with E-state index < -0.39 is 12.0 Å². The lowest BCUT2D eigenvalue weighted by molar-refractivity contribution is -0.142. The summed E-state index contributed by atoms with van der Waals surface area (Å²) < 4.78 is 10.4. The molecule has 2 N–H and O–H groups in total. The number of nitrogens with two attached hydrogens (primary N) is 1. The third kappa shape index (κ3) is 6.45. The predicted molar refractivity (Wildman–Crippen MR) is 77.8 cm³/mol. The topological polar surface area (TPSA) is 61.5 Å². The Morgan fingerprint density at radius 1 is 1.37 bits per heavy atom. The lowest BCUT2D eigenvalue weighted by Crippen LogP contribution is -2.33. The van der Waals surface area contributed by atoms with E-state index in [1.54, 1.807) is 0 Å². The summed E-state index contributed by atoms with van der Waals surface area (Å²) in [5.41, 5.74) is 6.43. The molecule has 0 radical (unpaired) electrons. The lowest BCUT2D eigenvalue weighted by Gasteiger charge is -2.21. The van der Waals surface area contributed by atoms with Crippen molar-refractivity contribution in [2.75, 3.05) is 7.11 Å². The Kier molecular flexibility index (Phi) is 6.87. The van der Waals surface area contributed by atoms with Gasteiger partial charge in [-0.15, -0.1) is 12.4 Å².